The van der Waals surface area contributed by atoms with E-state index in [-0.39, 0.29) is 4.91 Å². The fraction of sp³-hybridized carbons (Fsp3) is 0.429. The summed E-state index contributed by atoms with van der Waals surface area (Å²) in [5.41, 5.74) is 2.51. The maximum atomic E-state index is 12.9. The van der Waals surface area contributed by atoms with Crippen molar-refractivity contribution in [2.24, 2.45) is 0 Å². The second kappa shape index (κ2) is 7.42. The molecule has 0 spiro atoms. The van der Waals surface area contributed by atoms with Crippen molar-refractivity contribution in [1.29, 1.82) is 0 Å². The van der Waals surface area contributed by atoms with Crippen LogP contribution in [0.3, 0.4) is 0 Å². The Bertz CT molecular complexity index is 935. The molecule has 29 heavy (non-hydrogen) atoms. The molecular formula is C21H24N2O5S. The van der Waals surface area contributed by atoms with Gasteiger partial charge < -0.3 is 24.0 Å². The molecule has 0 saturated carbocycles. The maximum Gasteiger partial charge on any atom is 0.345 e. The third kappa shape index (κ3) is 2.85. The standard InChI is InChI=1S/C21H24N2O5S/c1-21-15(13-7-5-6-8-14(13)22(21)2)18(23-9-11-28-12-10-23)29-17(20(25)27-4)16(21)19(24)26-3/h5-8H,9-12H2,1-4H3. The molecule has 0 aliphatic carbocycles. The van der Waals surface area contributed by atoms with Gasteiger partial charge in [0.2, 0.25) is 0 Å². The molecule has 3 aliphatic rings. The van der Waals surface area contributed by atoms with E-state index in [2.05, 4.69) is 11.0 Å². The topological polar surface area (TPSA) is 68.3 Å². The van der Waals surface area contributed by atoms with Gasteiger partial charge in [-0.1, -0.05) is 30.0 Å². The van der Waals surface area contributed by atoms with Gasteiger partial charge in [-0.25, -0.2) is 9.59 Å². The normalized spacial score (nSPS) is 23.7. The number of fused-ring (bicyclic) bond motifs is 3. The monoisotopic (exact) mass is 416 g/mol. The zero-order chi connectivity index (χ0) is 20.8. The Kier molecular flexibility index (Phi) is 5.08. The molecule has 0 bridgehead atoms. The average molecular weight is 416 g/mol. The summed E-state index contributed by atoms with van der Waals surface area (Å²) in [5, 5.41) is 0.959. The summed E-state index contributed by atoms with van der Waals surface area (Å²) in [5.74, 6) is -1.07. The van der Waals surface area contributed by atoms with E-state index < -0.39 is 17.5 Å². The number of morpholine rings is 1. The van der Waals surface area contributed by atoms with E-state index in [1.165, 1.54) is 26.0 Å². The van der Waals surface area contributed by atoms with Crippen LogP contribution in [0.2, 0.25) is 0 Å². The van der Waals surface area contributed by atoms with E-state index in [4.69, 9.17) is 14.2 Å². The highest BCUT2D eigenvalue weighted by molar-refractivity contribution is 8.07. The van der Waals surface area contributed by atoms with Gasteiger partial charge in [0.15, 0.2) is 0 Å². The first-order valence-electron chi connectivity index (χ1n) is 9.45. The molecule has 1 atom stereocenters. The molecule has 3 aliphatic heterocycles. The third-order valence-electron chi connectivity index (χ3n) is 5.88. The van der Waals surface area contributed by atoms with E-state index >= 15 is 0 Å². The molecule has 1 unspecified atom stereocenters. The third-order valence-corrected chi connectivity index (χ3v) is 7.11. The second-order valence-corrected chi connectivity index (χ2v) is 8.22. The van der Waals surface area contributed by atoms with Crippen LogP contribution >= 0.6 is 11.8 Å². The number of hydrogen-bond acceptors (Lipinski definition) is 8. The molecule has 4 rings (SSSR count). The van der Waals surface area contributed by atoms with Gasteiger partial charge in [0.1, 0.15) is 4.91 Å². The summed E-state index contributed by atoms with van der Waals surface area (Å²) in [6.07, 6.45) is 0. The van der Waals surface area contributed by atoms with Crippen molar-refractivity contribution >= 4 is 35.0 Å². The average Bonchev–Trinajstić information content (AvgIpc) is 3.00. The lowest BCUT2D eigenvalue weighted by atomic mass is 9.82. The molecule has 1 aromatic carbocycles. The smallest absolute Gasteiger partial charge is 0.345 e. The lowest BCUT2D eigenvalue weighted by molar-refractivity contribution is -0.139. The Morgan fingerprint density at radius 3 is 2.41 bits per heavy atom. The van der Waals surface area contributed by atoms with Crippen LogP contribution in [-0.4, -0.2) is 69.9 Å². The van der Waals surface area contributed by atoms with Crippen LogP contribution in [0.4, 0.5) is 5.69 Å². The van der Waals surface area contributed by atoms with Crippen molar-refractivity contribution in [2.75, 3.05) is 52.5 Å². The fourth-order valence-corrected chi connectivity index (χ4v) is 5.77. The van der Waals surface area contributed by atoms with Gasteiger partial charge in [-0.3, -0.25) is 0 Å². The number of likely N-dealkylation sites (N-methyl/N-ethyl adjacent to an activating group) is 1. The number of anilines is 1. The van der Waals surface area contributed by atoms with Gasteiger partial charge >= 0.3 is 11.9 Å². The molecular weight excluding hydrogens is 392 g/mol. The highest BCUT2D eigenvalue weighted by Crippen LogP contribution is 2.58. The predicted octanol–water partition coefficient (Wildman–Crippen LogP) is 2.24. The number of ether oxygens (including phenoxy) is 3. The lowest BCUT2D eigenvalue weighted by Gasteiger charge is -2.43. The van der Waals surface area contributed by atoms with Crippen LogP contribution < -0.4 is 4.90 Å². The first-order chi connectivity index (χ1) is 13.9. The highest BCUT2D eigenvalue weighted by atomic mass is 32.2. The molecule has 0 N–H and O–H groups in total. The lowest BCUT2D eigenvalue weighted by Crippen LogP contribution is -2.49. The molecule has 7 nitrogen and oxygen atoms in total. The molecule has 154 valence electrons. The second-order valence-electron chi connectivity index (χ2n) is 7.22. The summed E-state index contributed by atoms with van der Waals surface area (Å²) in [6, 6.07) is 8.05. The number of nitrogens with zero attached hydrogens (tertiary/aromatic N) is 2. The minimum Gasteiger partial charge on any atom is -0.466 e. The maximum absolute atomic E-state index is 12.9. The molecule has 1 aromatic rings. The van der Waals surface area contributed by atoms with Gasteiger partial charge in [0.25, 0.3) is 0 Å². The SMILES string of the molecule is COC(=O)C1=C(C(=O)OC)C2(C)C(=C(N3CCOCC3)S1)c1ccccc1N2C. The number of para-hydroxylation sites is 1. The number of carbonyl (C=O) groups excluding carboxylic acids is 2. The van der Waals surface area contributed by atoms with Crippen molar-refractivity contribution in [1.82, 2.24) is 4.90 Å². The first-order valence-corrected chi connectivity index (χ1v) is 10.3. The van der Waals surface area contributed by atoms with Gasteiger partial charge in [-0.15, -0.1) is 0 Å². The van der Waals surface area contributed by atoms with Gasteiger partial charge in [-0.05, 0) is 13.0 Å². The van der Waals surface area contributed by atoms with Crippen LogP contribution in [0.15, 0.2) is 39.8 Å². The van der Waals surface area contributed by atoms with E-state index in [0.717, 1.165) is 34.9 Å². The Morgan fingerprint density at radius 1 is 1.10 bits per heavy atom. The van der Waals surface area contributed by atoms with E-state index in [9.17, 15) is 9.59 Å². The number of carbonyl (C=O) groups is 2. The van der Waals surface area contributed by atoms with Crippen LogP contribution in [0.5, 0.6) is 0 Å². The minimum atomic E-state index is -0.862. The molecule has 3 heterocycles. The highest BCUT2D eigenvalue weighted by Gasteiger charge is 2.55. The quantitative estimate of drug-likeness (QED) is 0.695. The van der Waals surface area contributed by atoms with Gasteiger partial charge in [0.05, 0.1) is 43.6 Å². The Balaban J connectivity index is 2.01. The molecule has 0 amide bonds. The zero-order valence-corrected chi connectivity index (χ0v) is 17.8. The summed E-state index contributed by atoms with van der Waals surface area (Å²) >= 11 is 1.29. The number of esters is 2. The number of hydrogen-bond donors (Lipinski definition) is 0. The molecule has 0 aromatic heterocycles. The fourth-order valence-electron chi connectivity index (χ4n) is 4.30. The Hall–Kier alpha value is -2.45. The number of rotatable bonds is 3. The van der Waals surface area contributed by atoms with E-state index in [1.807, 2.05) is 37.1 Å². The van der Waals surface area contributed by atoms with Crippen molar-refractivity contribution in [2.45, 2.75) is 12.5 Å². The largest absolute Gasteiger partial charge is 0.466 e. The summed E-state index contributed by atoms with van der Waals surface area (Å²) in [6.45, 7) is 4.64. The molecule has 8 heteroatoms. The van der Waals surface area contributed by atoms with Crippen molar-refractivity contribution in [3.63, 3.8) is 0 Å². The molecule has 1 fully saturated rings. The van der Waals surface area contributed by atoms with Crippen molar-refractivity contribution < 1.29 is 23.8 Å². The van der Waals surface area contributed by atoms with Crippen LogP contribution in [0, 0.1) is 0 Å². The number of methoxy groups -OCH3 is 2. The number of benzene rings is 1. The van der Waals surface area contributed by atoms with Crippen LogP contribution in [0.25, 0.3) is 5.57 Å². The van der Waals surface area contributed by atoms with E-state index in [0.29, 0.717) is 18.8 Å². The predicted molar refractivity (Wildman–Crippen MR) is 111 cm³/mol. The van der Waals surface area contributed by atoms with Gasteiger partial charge in [0, 0.05) is 37.0 Å². The molecule has 0 radical (unpaired) electrons. The summed E-state index contributed by atoms with van der Waals surface area (Å²) < 4.78 is 15.7. The van der Waals surface area contributed by atoms with Crippen molar-refractivity contribution in [3.8, 4) is 0 Å². The summed E-state index contributed by atoms with van der Waals surface area (Å²) in [7, 11) is 4.60. The van der Waals surface area contributed by atoms with Crippen LogP contribution in [0.1, 0.15) is 12.5 Å². The van der Waals surface area contributed by atoms with Crippen LogP contribution in [-0.2, 0) is 23.8 Å². The Morgan fingerprint density at radius 2 is 1.76 bits per heavy atom. The minimum absolute atomic E-state index is 0.270. The molecule has 1 saturated heterocycles. The van der Waals surface area contributed by atoms with Gasteiger partial charge in [-0.2, -0.15) is 0 Å². The Labute approximate surface area is 174 Å². The first kappa shape index (κ1) is 19.8. The van der Waals surface area contributed by atoms with Crippen molar-refractivity contribution in [3.05, 3.63) is 45.3 Å². The summed E-state index contributed by atoms with van der Waals surface area (Å²) in [4.78, 5) is 30.2. The van der Waals surface area contributed by atoms with E-state index in [1.54, 1.807) is 0 Å². The number of thioether (sulfide) groups is 1. The zero-order valence-electron chi connectivity index (χ0n) is 17.0.